The molecule has 1 aliphatic rings. The average Bonchev–Trinajstić information content (AvgIpc) is 2.68. The third kappa shape index (κ3) is 4.43. The van der Waals surface area contributed by atoms with E-state index in [2.05, 4.69) is 69.0 Å². The van der Waals surface area contributed by atoms with Crippen LogP contribution in [0.5, 0.6) is 0 Å². The van der Waals surface area contributed by atoms with Gasteiger partial charge < -0.3 is 5.32 Å². The molecule has 1 N–H and O–H groups in total. The van der Waals surface area contributed by atoms with Crippen LogP contribution < -0.4 is 5.32 Å². The van der Waals surface area contributed by atoms with Gasteiger partial charge in [-0.25, -0.2) is 0 Å². The predicted molar refractivity (Wildman–Crippen MR) is 94.5 cm³/mol. The van der Waals surface area contributed by atoms with E-state index in [1.165, 1.54) is 52.1 Å². The lowest BCUT2D eigenvalue weighted by atomic mass is 9.87. The average molecular weight is 436 g/mol. The number of benzene rings is 1. The summed E-state index contributed by atoms with van der Waals surface area (Å²) in [5.74, 6) is 0.797. The van der Waals surface area contributed by atoms with E-state index >= 15 is 0 Å². The van der Waals surface area contributed by atoms with Crippen molar-refractivity contribution >= 4 is 38.5 Å². The van der Waals surface area contributed by atoms with Crippen LogP contribution in [0, 0.1) is 9.49 Å². The molecular weight excluding hydrogens is 413 g/mol. The normalized spacial score (nSPS) is 19.1. The molecule has 1 atom stereocenters. The van der Waals surface area contributed by atoms with Gasteiger partial charge in [-0.15, -0.1) is 0 Å². The molecule has 0 aliphatic heterocycles. The zero-order valence-electron chi connectivity index (χ0n) is 11.6. The predicted octanol–water partition coefficient (Wildman–Crippen LogP) is 5.67. The molecule has 1 fully saturated rings. The Morgan fingerprint density at radius 2 is 1.95 bits per heavy atom. The largest absolute Gasteiger partial charge is 0.310 e. The van der Waals surface area contributed by atoms with Crippen LogP contribution >= 0.6 is 38.5 Å². The zero-order chi connectivity index (χ0) is 13.7. The van der Waals surface area contributed by atoms with Gasteiger partial charge in [0.25, 0.3) is 0 Å². The quantitative estimate of drug-likeness (QED) is 0.474. The maximum absolute atomic E-state index is 3.74. The van der Waals surface area contributed by atoms with E-state index in [9.17, 15) is 0 Å². The van der Waals surface area contributed by atoms with Crippen LogP contribution in [0.25, 0.3) is 0 Å². The van der Waals surface area contributed by atoms with Gasteiger partial charge in [-0.2, -0.15) is 0 Å². The van der Waals surface area contributed by atoms with Crippen molar-refractivity contribution in [1.82, 2.24) is 5.32 Å². The van der Waals surface area contributed by atoms with Crippen molar-refractivity contribution in [1.29, 1.82) is 0 Å². The maximum atomic E-state index is 3.74. The smallest absolute Gasteiger partial charge is 0.0359 e. The molecule has 1 unspecified atom stereocenters. The molecule has 0 amide bonds. The minimum absolute atomic E-state index is 0.521. The third-order valence-corrected chi connectivity index (χ3v) is 5.56. The Balaban J connectivity index is 2.24. The second kappa shape index (κ2) is 7.99. The van der Waals surface area contributed by atoms with Crippen molar-refractivity contribution in [3.05, 3.63) is 31.8 Å². The highest BCUT2D eigenvalue weighted by atomic mass is 127. The molecule has 0 spiro atoms. The molecule has 19 heavy (non-hydrogen) atoms. The molecule has 0 aromatic heterocycles. The molecule has 2 rings (SSSR count). The van der Waals surface area contributed by atoms with Gasteiger partial charge in [-0.3, -0.25) is 0 Å². The Morgan fingerprint density at radius 3 is 2.58 bits per heavy atom. The van der Waals surface area contributed by atoms with E-state index in [4.69, 9.17) is 0 Å². The Morgan fingerprint density at radius 1 is 1.26 bits per heavy atom. The number of nitrogens with one attached hydrogen (secondary N) is 1. The second-order valence-corrected chi connectivity index (χ2v) is 7.53. The van der Waals surface area contributed by atoms with Crippen molar-refractivity contribution in [3.8, 4) is 0 Å². The molecule has 0 heterocycles. The van der Waals surface area contributed by atoms with Gasteiger partial charge in [-0.05, 0) is 71.7 Å². The monoisotopic (exact) mass is 435 g/mol. The summed E-state index contributed by atoms with van der Waals surface area (Å²) < 4.78 is 2.58. The van der Waals surface area contributed by atoms with Crippen molar-refractivity contribution in [3.63, 3.8) is 0 Å². The fraction of sp³-hybridized carbons (Fsp3) is 0.625. The summed E-state index contributed by atoms with van der Waals surface area (Å²) in [4.78, 5) is 0. The Bertz CT molecular complexity index is 400. The first-order valence-electron chi connectivity index (χ1n) is 7.40. The van der Waals surface area contributed by atoms with Crippen LogP contribution in [-0.2, 0) is 0 Å². The second-order valence-electron chi connectivity index (χ2n) is 5.45. The van der Waals surface area contributed by atoms with E-state index in [0.717, 1.165) is 12.5 Å². The highest BCUT2D eigenvalue weighted by Gasteiger charge is 2.25. The van der Waals surface area contributed by atoms with Crippen LogP contribution in [0.4, 0.5) is 0 Å². The van der Waals surface area contributed by atoms with Gasteiger partial charge in [-0.1, -0.05) is 48.5 Å². The minimum atomic E-state index is 0.521. The van der Waals surface area contributed by atoms with Crippen LogP contribution in [0.1, 0.15) is 57.1 Å². The lowest BCUT2D eigenvalue weighted by Crippen LogP contribution is -2.29. The summed E-state index contributed by atoms with van der Waals surface area (Å²) in [6.45, 7) is 3.26. The molecule has 1 aliphatic carbocycles. The molecule has 0 radical (unpaired) electrons. The summed E-state index contributed by atoms with van der Waals surface area (Å²) in [7, 11) is 0. The van der Waals surface area contributed by atoms with E-state index < -0.39 is 0 Å². The van der Waals surface area contributed by atoms with Crippen LogP contribution in [0.2, 0.25) is 0 Å². The Kier molecular flexibility index (Phi) is 6.63. The molecule has 1 nitrogen and oxygen atoms in total. The van der Waals surface area contributed by atoms with Gasteiger partial charge in [0.05, 0.1) is 0 Å². The molecule has 1 aromatic carbocycles. The molecule has 106 valence electrons. The summed E-state index contributed by atoms with van der Waals surface area (Å²) in [6, 6.07) is 7.19. The maximum Gasteiger partial charge on any atom is 0.0359 e. The first-order chi connectivity index (χ1) is 9.22. The summed E-state index contributed by atoms with van der Waals surface area (Å²) in [5.41, 5.74) is 1.48. The van der Waals surface area contributed by atoms with Crippen LogP contribution in [0.3, 0.4) is 0 Å². The summed E-state index contributed by atoms with van der Waals surface area (Å²) >= 11 is 6.10. The lowest BCUT2D eigenvalue weighted by Gasteiger charge is -2.28. The van der Waals surface area contributed by atoms with Gasteiger partial charge in [0.15, 0.2) is 0 Å². The fourth-order valence-electron chi connectivity index (χ4n) is 3.15. The minimum Gasteiger partial charge on any atom is -0.310 e. The zero-order valence-corrected chi connectivity index (χ0v) is 15.3. The molecule has 1 saturated carbocycles. The standard InChI is InChI=1S/C16H23BrIN/c1-2-19-16(12-7-5-3-4-6-8-12)14-11-13(17)9-10-15(14)18/h9-12,16,19H,2-8H2,1H3. The van der Waals surface area contributed by atoms with Crippen molar-refractivity contribution < 1.29 is 0 Å². The van der Waals surface area contributed by atoms with E-state index in [1.807, 2.05) is 0 Å². The Labute approximate surface area is 139 Å². The summed E-state index contributed by atoms with van der Waals surface area (Å²) in [5, 5.41) is 3.74. The van der Waals surface area contributed by atoms with Crippen molar-refractivity contribution in [2.75, 3.05) is 6.54 Å². The first kappa shape index (κ1) is 15.8. The van der Waals surface area contributed by atoms with Gasteiger partial charge in [0.2, 0.25) is 0 Å². The lowest BCUT2D eigenvalue weighted by molar-refractivity contribution is 0.329. The van der Waals surface area contributed by atoms with E-state index in [1.54, 1.807) is 0 Å². The highest BCUT2D eigenvalue weighted by Crippen LogP contribution is 2.36. The Hall–Kier alpha value is 0.390. The van der Waals surface area contributed by atoms with Gasteiger partial charge >= 0.3 is 0 Å². The van der Waals surface area contributed by atoms with E-state index in [-0.39, 0.29) is 0 Å². The molecule has 0 saturated heterocycles. The first-order valence-corrected chi connectivity index (χ1v) is 9.28. The fourth-order valence-corrected chi connectivity index (χ4v) is 4.20. The number of halogens is 2. The number of rotatable bonds is 4. The SMILES string of the molecule is CCNC(c1cc(Br)ccc1I)C1CCCCCC1. The van der Waals surface area contributed by atoms with Gasteiger partial charge in [0, 0.05) is 14.1 Å². The number of hydrogen-bond donors (Lipinski definition) is 1. The third-order valence-electron chi connectivity index (χ3n) is 4.09. The van der Waals surface area contributed by atoms with Crippen molar-refractivity contribution in [2.45, 2.75) is 51.5 Å². The van der Waals surface area contributed by atoms with Gasteiger partial charge in [0.1, 0.15) is 0 Å². The topological polar surface area (TPSA) is 12.0 Å². The molecule has 0 bridgehead atoms. The number of hydrogen-bond acceptors (Lipinski definition) is 1. The van der Waals surface area contributed by atoms with Crippen LogP contribution in [0.15, 0.2) is 22.7 Å². The molecule has 3 heteroatoms. The van der Waals surface area contributed by atoms with Crippen molar-refractivity contribution in [2.24, 2.45) is 5.92 Å². The van der Waals surface area contributed by atoms with E-state index in [0.29, 0.717) is 6.04 Å². The molecular formula is C16H23BrIN. The molecule has 1 aromatic rings. The highest BCUT2D eigenvalue weighted by molar-refractivity contribution is 14.1. The van der Waals surface area contributed by atoms with Crippen LogP contribution in [-0.4, -0.2) is 6.54 Å². The summed E-state index contributed by atoms with van der Waals surface area (Å²) in [6.07, 6.45) is 8.39.